The molecule has 2 aliphatic rings. The molecule has 0 heterocycles. The summed E-state index contributed by atoms with van der Waals surface area (Å²) >= 11 is 7.49. The number of hydrogen-bond donors (Lipinski definition) is 0. The first-order valence-corrected chi connectivity index (χ1v) is 20.6. The van der Waals surface area contributed by atoms with E-state index in [0.29, 0.717) is 0 Å². The maximum Gasteiger partial charge on any atom is -0.109 e. The van der Waals surface area contributed by atoms with E-state index in [2.05, 4.69) is 168 Å². The van der Waals surface area contributed by atoms with Gasteiger partial charge in [0, 0.05) is 0 Å². The molecule has 5 aromatic rings. The molecule has 0 N–H and O–H groups in total. The van der Waals surface area contributed by atoms with Gasteiger partial charge in [-0.15, -0.1) is 23.1 Å². The molecule has 0 spiro atoms. The molecule has 0 amide bonds. The van der Waals surface area contributed by atoms with Crippen LogP contribution in [0.2, 0.25) is 5.02 Å². The van der Waals surface area contributed by atoms with Gasteiger partial charge in [-0.2, -0.15) is 23.8 Å². The molecule has 2 aliphatic carbocycles. The van der Waals surface area contributed by atoms with E-state index in [9.17, 15) is 0 Å². The Kier molecular flexibility index (Phi) is 15.6. The van der Waals surface area contributed by atoms with Crippen LogP contribution in [0.4, 0.5) is 0 Å². The summed E-state index contributed by atoms with van der Waals surface area (Å²) in [6, 6.07) is 34.4. The normalized spacial score (nSPS) is 13.1. The summed E-state index contributed by atoms with van der Waals surface area (Å²) in [5.41, 5.74) is 14.5. The van der Waals surface area contributed by atoms with Crippen LogP contribution in [0, 0.1) is 12.1 Å². The molecule has 0 fully saturated rings. The molecule has 0 bridgehead atoms. The fourth-order valence-electron chi connectivity index (χ4n) is 7.21. The molecule has 0 aromatic heterocycles. The molecule has 0 saturated carbocycles. The third-order valence-corrected chi connectivity index (χ3v) is 11.6. The quantitative estimate of drug-likeness (QED) is 0.154. The van der Waals surface area contributed by atoms with Gasteiger partial charge in [0.25, 0.3) is 0 Å². The van der Waals surface area contributed by atoms with Gasteiger partial charge in [-0.1, -0.05) is 106 Å². The molecule has 0 saturated heterocycles. The minimum Gasteiger partial charge on any atom is -1.00 e. The standard InChI is InChI=1S/C29H41.C17H11Cl.C5H5.2ClH.Zr/c1-26(2,3)22-14-18-13-19-15-23(27(4,5)6)25(29(10,11)12)17-21(19)20(18)16-24(22)28(7,8)9;18-16-9-3-5-13(12-16)11-15-8-4-7-14-6-1-2-10-17(14)15;1-2-4-5-3-1;;;/h14,16-17H,13H2,1-12H3;1-10,12H;1-3H,4H2;2*1H;/q-1;;-1;;;+2/p-2. The van der Waals surface area contributed by atoms with Gasteiger partial charge in [-0.3, -0.25) is 6.08 Å². The van der Waals surface area contributed by atoms with Crippen LogP contribution in [0.3, 0.4) is 0 Å². The van der Waals surface area contributed by atoms with Crippen LogP contribution in [0.5, 0.6) is 0 Å². The summed E-state index contributed by atoms with van der Waals surface area (Å²) in [5.74, 6) is 0. The molecule has 0 aliphatic heterocycles. The Morgan fingerprint density at radius 1 is 0.636 bits per heavy atom. The Hall–Kier alpha value is -2.54. The van der Waals surface area contributed by atoms with Crippen molar-refractivity contribution in [3.8, 4) is 11.1 Å². The summed E-state index contributed by atoms with van der Waals surface area (Å²) in [6.45, 7) is 28.0. The molecule has 7 rings (SSSR count). The second-order valence-corrected chi connectivity index (χ2v) is 20.3. The minimum absolute atomic E-state index is 0. The van der Waals surface area contributed by atoms with Gasteiger partial charge in [-0.05, 0) is 39.4 Å². The average molecular weight is 868 g/mol. The second kappa shape index (κ2) is 18.4. The monoisotopic (exact) mass is 864 g/mol. The van der Waals surface area contributed by atoms with Crippen molar-refractivity contribution in [1.82, 2.24) is 0 Å². The third-order valence-electron chi connectivity index (χ3n) is 9.99. The predicted octanol–water partition coefficient (Wildman–Crippen LogP) is 8.17. The Morgan fingerprint density at radius 2 is 1.22 bits per heavy atom. The zero-order chi connectivity index (χ0) is 38.9. The maximum absolute atomic E-state index is 6.09. The van der Waals surface area contributed by atoms with Gasteiger partial charge in [0.15, 0.2) is 0 Å². The molecule has 288 valence electrons. The van der Waals surface area contributed by atoms with Crippen LogP contribution < -0.4 is 24.8 Å². The SMILES string of the molecule is CC(C)(C)c1[c-]c2c(cc1C(C)(C)C)-c1cc(C(C)(C)C)c(C(C)(C)C)cc1C2.Clc1cccc([C](=[Zr+2])c2cccc3ccccc23)c1.[C-]1=CC=CC1.[Cl-].[Cl-]. The number of benzene rings is 5. The zero-order valence-corrected chi connectivity index (χ0v) is 39.6. The Balaban J connectivity index is 0.000000267. The average Bonchev–Trinajstić information content (AvgIpc) is 3.77. The summed E-state index contributed by atoms with van der Waals surface area (Å²) in [5, 5.41) is 3.37. The second-order valence-electron chi connectivity index (χ2n) is 18.6. The van der Waals surface area contributed by atoms with Crippen LogP contribution in [0.25, 0.3) is 21.9 Å². The Morgan fingerprint density at radius 3 is 1.76 bits per heavy atom. The van der Waals surface area contributed by atoms with Crippen LogP contribution >= 0.6 is 11.6 Å². The smallest absolute Gasteiger partial charge is 0.109 e. The van der Waals surface area contributed by atoms with Gasteiger partial charge in [-0.25, -0.2) is 12.2 Å². The van der Waals surface area contributed by atoms with E-state index in [1.807, 2.05) is 30.4 Å². The summed E-state index contributed by atoms with van der Waals surface area (Å²) in [4.78, 5) is 0. The zero-order valence-electron chi connectivity index (χ0n) is 34.9. The maximum atomic E-state index is 6.09. The molecule has 0 nitrogen and oxygen atoms in total. The molecule has 0 radical (unpaired) electrons. The number of rotatable bonds is 2. The van der Waals surface area contributed by atoms with Crippen molar-refractivity contribution in [3.63, 3.8) is 0 Å². The fraction of sp³-hybridized carbons (Fsp3) is 0.353. The Labute approximate surface area is 365 Å². The van der Waals surface area contributed by atoms with Crippen molar-refractivity contribution in [1.29, 1.82) is 0 Å². The van der Waals surface area contributed by atoms with Gasteiger partial charge in [0.1, 0.15) is 0 Å². The molecular weight excluding hydrogens is 810 g/mol. The van der Waals surface area contributed by atoms with E-state index in [1.54, 1.807) is 0 Å². The summed E-state index contributed by atoms with van der Waals surface area (Å²) in [7, 11) is 0. The predicted molar refractivity (Wildman–Crippen MR) is 229 cm³/mol. The molecule has 55 heavy (non-hydrogen) atoms. The minimum atomic E-state index is 0. The molecule has 5 aromatic carbocycles. The van der Waals surface area contributed by atoms with E-state index in [1.165, 1.54) is 93.8 Å². The van der Waals surface area contributed by atoms with E-state index in [0.717, 1.165) is 17.9 Å². The molecule has 4 heteroatoms. The topological polar surface area (TPSA) is 0 Å². The van der Waals surface area contributed by atoms with Crippen molar-refractivity contribution < 1.29 is 49.0 Å². The van der Waals surface area contributed by atoms with Gasteiger partial charge >= 0.3 is 133 Å². The van der Waals surface area contributed by atoms with E-state index in [-0.39, 0.29) is 46.5 Å². The third kappa shape index (κ3) is 11.3. The van der Waals surface area contributed by atoms with Crippen molar-refractivity contribution in [2.24, 2.45) is 0 Å². The van der Waals surface area contributed by atoms with Crippen LogP contribution in [-0.4, -0.2) is 3.21 Å². The van der Waals surface area contributed by atoms with E-state index >= 15 is 0 Å². The number of fused-ring (bicyclic) bond motifs is 4. The van der Waals surface area contributed by atoms with Crippen LogP contribution in [0.15, 0.2) is 103 Å². The van der Waals surface area contributed by atoms with Crippen molar-refractivity contribution >= 4 is 25.6 Å². The van der Waals surface area contributed by atoms with E-state index < -0.39 is 0 Å². The van der Waals surface area contributed by atoms with Gasteiger partial charge < -0.3 is 24.8 Å². The Bertz CT molecular complexity index is 2100. The van der Waals surface area contributed by atoms with Crippen LogP contribution in [0.1, 0.15) is 134 Å². The number of hydrogen-bond acceptors (Lipinski definition) is 0. The number of allylic oxidation sites excluding steroid dienone is 4. The van der Waals surface area contributed by atoms with Crippen molar-refractivity contribution in [3.05, 3.63) is 165 Å². The molecule has 0 atom stereocenters. The largest absolute Gasteiger partial charge is 1.00 e. The number of halogens is 3. The summed E-state index contributed by atoms with van der Waals surface area (Å²) in [6.07, 6.45) is 11.0. The first kappa shape index (κ1) is 46.8. The van der Waals surface area contributed by atoms with Gasteiger partial charge in [0.05, 0.1) is 0 Å². The van der Waals surface area contributed by atoms with Gasteiger partial charge in [0.2, 0.25) is 0 Å². The van der Waals surface area contributed by atoms with Crippen molar-refractivity contribution in [2.75, 3.05) is 0 Å². The molecule has 0 unspecified atom stereocenters. The fourth-order valence-corrected chi connectivity index (χ4v) is 8.32. The summed E-state index contributed by atoms with van der Waals surface area (Å²) < 4.78 is 1.34. The van der Waals surface area contributed by atoms with Crippen molar-refractivity contribution in [2.45, 2.75) is 118 Å². The first-order valence-electron chi connectivity index (χ1n) is 19.0. The first-order chi connectivity index (χ1) is 24.7. The van der Waals surface area contributed by atoms with Crippen LogP contribution in [-0.2, 0) is 52.3 Å². The molecular formula is C51H57Cl3Zr-2. The van der Waals surface area contributed by atoms with E-state index in [4.69, 9.17) is 11.6 Å².